The topological polar surface area (TPSA) is 65.2 Å². The highest BCUT2D eigenvalue weighted by Gasteiger charge is 2.14. The maximum Gasteiger partial charge on any atom is 0.254 e. The molecule has 0 saturated carbocycles. The van der Waals surface area contributed by atoms with Gasteiger partial charge in [-0.05, 0) is 65.4 Å². The molecule has 0 fully saturated rings. The van der Waals surface area contributed by atoms with E-state index in [2.05, 4.69) is 27.6 Å². The largest absolute Gasteiger partial charge is 0.438 e. The third-order valence-electron chi connectivity index (χ3n) is 2.40. The summed E-state index contributed by atoms with van der Waals surface area (Å²) in [4.78, 5) is 15.4. The maximum atomic E-state index is 11.4. The first-order valence-electron chi connectivity index (χ1n) is 5.27. The van der Waals surface area contributed by atoms with E-state index in [4.69, 9.17) is 10.5 Å². The van der Waals surface area contributed by atoms with Gasteiger partial charge in [0.2, 0.25) is 5.88 Å². The number of aryl methyl sites for hydroxylation is 1. The molecule has 1 heterocycles. The first-order chi connectivity index (χ1) is 8.58. The Morgan fingerprint density at radius 2 is 1.94 bits per heavy atom. The molecule has 5 heteroatoms. The third-order valence-corrected chi connectivity index (χ3v) is 3.12. The van der Waals surface area contributed by atoms with E-state index in [9.17, 15) is 4.79 Å². The maximum absolute atomic E-state index is 11.4. The quantitative estimate of drug-likeness (QED) is 0.862. The predicted molar refractivity (Wildman–Crippen MR) is 76.7 cm³/mol. The van der Waals surface area contributed by atoms with Crippen molar-refractivity contribution >= 4 is 28.5 Å². The minimum absolute atomic E-state index is 0.240. The first kappa shape index (κ1) is 12.8. The van der Waals surface area contributed by atoms with Crippen LogP contribution < -0.4 is 10.5 Å². The summed E-state index contributed by atoms with van der Waals surface area (Å²) < 4.78 is 6.70. The van der Waals surface area contributed by atoms with Gasteiger partial charge in [0.15, 0.2) is 0 Å². The van der Waals surface area contributed by atoms with E-state index < -0.39 is 5.91 Å². The van der Waals surface area contributed by atoms with Crippen LogP contribution >= 0.6 is 22.6 Å². The number of benzene rings is 1. The Labute approximate surface area is 118 Å². The average Bonchev–Trinajstić information content (AvgIpc) is 2.32. The van der Waals surface area contributed by atoms with Gasteiger partial charge < -0.3 is 10.5 Å². The lowest BCUT2D eigenvalue weighted by atomic mass is 10.1. The smallest absolute Gasteiger partial charge is 0.254 e. The van der Waals surface area contributed by atoms with E-state index in [1.807, 2.05) is 24.3 Å². The fourth-order valence-electron chi connectivity index (χ4n) is 1.52. The van der Waals surface area contributed by atoms with Gasteiger partial charge >= 0.3 is 0 Å². The molecule has 4 nitrogen and oxygen atoms in total. The summed E-state index contributed by atoms with van der Waals surface area (Å²) in [5, 5.41) is 0. The molecule has 0 radical (unpaired) electrons. The van der Waals surface area contributed by atoms with Gasteiger partial charge in [-0.1, -0.05) is 0 Å². The summed E-state index contributed by atoms with van der Waals surface area (Å²) in [7, 11) is 0. The molecule has 2 N–H and O–H groups in total. The van der Waals surface area contributed by atoms with Gasteiger partial charge in [0.1, 0.15) is 11.3 Å². The Bertz CT molecular complexity index is 582. The summed E-state index contributed by atoms with van der Waals surface area (Å²) in [6.45, 7) is 1.79. The number of carbonyl (C=O) groups is 1. The zero-order chi connectivity index (χ0) is 13.1. The number of hydrogen-bond donors (Lipinski definition) is 1. The van der Waals surface area contributed by atoms with Crippen molar-refractivity contribution < 1.29 is 9.53 Å². The zero-order valence-electron chi connectivity index (χ0n) is 9.68. The molecule has 0 unspecified atom stereocenters. The number of ether oxygens (including phenoxy) is 1. The average molecular weight is 354 g/mol. The fraction of sp³-hybridized carbons (Fsp3) is 0.0769. The second kappa shape index (κ2) is 5.34. The van der Waals surface area contributed by atoms with Gasteiger partial charge in [-0.15, -0.1) is 0 Å². The number of nitrogens with zero attached hydrogens (tertiary/aromatic N) is 1. The first-order valence-corrected chi connectivity index (χ1v) is 6.34. The van der Waals surface area contributed by atoms with Gasteiger partial charge in [-0.3, -0.25) is 4.79 Å². The predicted octanol–water partition coefficient (Wildman–Crippen LogP) is 2.89. The van der Waals surface area contributed by atoms with Crippen molar-refractivity contribution in [1.82, 2.24) is 4.98 Å². The normalized spacial score (nSPS) is 10.1. The fourth-order valence-corrected chi connectivity index (χ4v) is 1.88. The van der Waals surface area contributed by atoms with Crippen LogP contribution in [0.3, 0.4) is 0 Å². The number of nitrogens with two attached hydrogens (primary N) is 1. The van der Waals surface area contributed by atoms with Crippen molar-refractivity contribution in [2.75, 3.05) is 0 Å². The molecule has 0 saturated heterocycles. The highest BCUT2D eigenvalue weighted by molar-refractivity contribution is 14.1. The van der Waals surface area contributed by atoms with E-state index in [1.165, 1.54) is 0 Å². The van der Waals surface area contributed by atoms with Crippen LogP contribution in [0.5, 0.6) is 11.6 Å². The Hall–Kier alpha value is -1.63. The summed E-state index contributed by atoms with van der Waals surface area (Å²) in [5.74, 6) is 0.320. The van der Waals surface area contributed by atoms with Crippen molar-refractivity contribution in [2.24, 2.45) is 5.73 Å². The molecule has 0 bridgehead atoms. The lowest BCUT2D eigenvalue weighted by Gasteiger charge is -2.09. The number of pyridine rings is 1. The molecule has 2 aromatic rings. The van der Waals surface area contributed by atoms with Crippen molar-refractivity contribution in [3.8, 4) is 11.6 Å². The number of carbonyl (C=O) groups excluding carboxylic acids is 1. The summed E-state index contributed by atoms with van der Waals surface area (Å²) in [5.41, 5.74) is 6.40. The molecule has 2 rings (SSSR count). The lowest BCUT2D eigenvalue weighted by molar-refractivity contribution is 0.0997. The molecule has 0 aliphatic carbocycles. The standard InChI is InChI=1S/C13H11IN2O2/c1-8-6-7-16-13(11(8)12(15)17)18-10-4-2-9(14)3-5-10/h2-7H,1H3,(H2,15,17). The second-order valence-corrected chi connectivity index (χ2v) is 4.97. The molecule has 0 atom stereocenters. The third kappa shape index (κ3) is 2.79. The SMILES string of the molecule is Cc1ccnc(Oc2ccc(I)cc2)c1C(N)=O. The van der Waals surface area contributed by atoms with Gasteiger partial charge in [-0.25, -0.2) is 4.98 Å². The van der Waals surface area contributed by atoms with Crippen LogP contribution in [-0.4, -0.2) is 10.9 Å². The molecule has 1 amide bonds. The molecule has 18 heavy (non-hydrogen) atoms. The number of hydrogen-bond acceptors (Lipinski definition) is 3. The van der Waals surface area contributed by atoms with Crippen molar-refractivity contribution in [2.45, 2.75) is 6.92 Å². The number of rotatable bonds is 3. The highest BCUT2D eigenvalue weighted by atomic mass is 127. The van der Waals surface area contributed by atoms with Crippen LogP contribution in [0.2, 0.25) is 0 Å². The molecule has 0 spiro atoms. The van der Waals surface area contributed by atoms with Crippen LogP contribution in [0.15, 0.2) is 36.5 Å². The van der Waals surface area contributed by atoms with Crippen LogP contribution in [0, 0.1) is 10.5 Å². The van der Waals surface area contributed by atoms with Crippen LogP contribution in [0.4, 0.5) is 0 Å². The van der Waals surface area contributed by atoms with E-state index in [0.717, 1.165) is 9.13 Å². The van der Waals surface area contributed by atoms with Gasteiger partial charge in [0.05, 0.1) is 0 Å². The summed E-state index contributed by atoms with van der Waals surface area (Å²) in [6, 6.07) is 9.18. The minimum Gasteiger partial charge on any atom is -0.438 e. The minimum atomic E-state index is -0.541. The lowest BCUT2D eigenvalue weighted by Crippen LogP contribution is -2.14. The van der Waals surface area contributed by atoms with Gasteiger partial charge in [-0.2, -0.15) is 0 Å². The number of halogens is 1. The van der Waals surface area contributed by atoms with Crippen molar-refractivity contribution in [3.05, 3.63) is 51.2 Å². The Morgan fingerprint density at radius 3 is 2.56 bits per heavy atom. The van der Waals surface area contributed by atoms with E-state index >= 15 is 0 Å². The van der Waals surface area contributed by atoms with E-state index in [1.54, 1.807) is 19.2 Å². The van der Waals surface area contributed by atoms with Gasteiger partial charge in [0, 0.05) is 9.77 Å². The van der Waals surface area contributed by atoms with Crippen LogP contribution in [-0.2, 0) is 0 Å². The monoisotopic (exact) mass is 354 g/mol. The zero-order valence-corrected chi connectivity index (χ0v) is 11.8. The van der Waals surface area contributed by atoms with Crippen LogP contribution in [0.1, 0.15) is 15.9 Å². The van der Waals surface area contributed by atoms with Gasteiger partial charge in [0.25, 0.3) is 5.91 Å². The summed E-state index contributed by atoms with van der Waals surface area (Å²) >= 11 is 2.20. The van der Waals surface area contributed by atoms with Crippen molar-refractivity contribution in [1.29, 1.82) is 0 Å². The molecule has 92 valence electrons. The number of amides is 1. The molecule has 0 aliphatic rings. The molecular weight excluding hydrogens is 343 g/mol. The molecule has 1 aromatic carbocycles. The second-order valence-electron chi connectivity index (χ2n) is 3.73. The molecular formula is C13H11IN2O2. The van der Waals surface area contributed by atoms with E-state index in [0.29, 0.717) is 11.3 Å². The molecule has 1 aromatic heterocycles. The number of aromatic nitrogens is 1. The molecule has 0 aliphatic heterocycles. The Kier molecular flexibility index (Phi) is 3.81. The van der Waals surface area contributed by atoms with Crippen LogP contribution in [0.25, 0.3) is 0 Å². The number of primary amides is 1. The highest BCUT2D eigenvalue weighted by Crippen LogP contribution is 2.25. The summed E-state index contributed by atoms with van der Waals surface area (Å²) in [6.07, 6.45) is 1.59. The Balaban J connectivity index is 2.37. The van der Waals surface area contributed by atoms with Crippen molar-refractivity contribution in [3.63, 3.8) is 0 Å². The van der Waals surface area contributed by atoms with E-state index in [-0.39, 0.29) is 5.88 Å². The Morgan fingerprint density at radius 1 is 1.28 bits per heavy atom.